The number of cyclic esters (lactones) is 1. The third-order valence-corrected chi connectivity index (χ3v) is 22.8. The zero-order valence-electron chi connectivity index (χ0n) is 51.6. The van der Waals surface area contributed by atoms with Crippen molar-refractivity contribution in [2.45, 2.75) is 192 Å². The SMILES string of the molecule is CC[C@H]1OC(=O)[C@H](C)[C@@H](O[C@H]2C[C@@](C)(OC)[C@@H](O)[C@H](C)O2)[C@H](C)[C@@H](O[C@@H]2O[C@H](C)C[C@H](N(C)C)[C@H]2O)[C@](C)(O)C[C@@H](C)CN(C(=O)CCOCCOCCOCC[PH](c2ccccc2)(c2ccccc2)c2ccccc2)[C@H](C)[C@@H](O)[C@]1(C)O. The molecule has 18 nitrogen and oxygen atoms in total. The molecule has 3 aromatic rings. The number of benzene rings is 3. The number of hydrogen-bond donors (Lipinski definition) is 5. The van der Waals surface area contributed by atoms with Gasteiger partial charge in [-0.1, -0.05) is 20.8 Å². The van der Waals surface area contributed by atoms with Gasteiger partial charge in [0.1, 0.15) is 30.0 Å². The van der Waals surface area contributed by atoms with E-state index in [9.17, 15) is 35.1 Å². The van der Waals surface area contributed by atoms with Crippen LogP contribution in [0.25, 0.3) is 0 Å². The topological polar surface area (TPSA) is 225 Å². The molecule has 0 aliphatic carbocycles. The second kappa shape index (κ2) is 30.9. The van der Waals surface area contributed by atoms with Crippen LogP contribution in [-0.4, -0.2) is 211 Å². The summed E-state index contributed by atoms with van der Waals surface area (Å²) in [5, 5.41) is 64.3. The Hall–Kier alpha value is -3.53. The summed E-state index contributed by atoms with van der Waals surface area (Å²) in [6.45, 7) is 18.8. The number of nitrogens with zero attached hydrogens (tertiary/aromatic N) is 2. The molecule has 1 amide bonds. The molecule has 0 spiro atoms. The fourth-order valence-corrected chi connectivity index (χ4v) is 17.6. The van der Waals surface area contributed by atoms with Gasteiger partial charge in [0.05, 0.1) is 47.6 Å². The summed E-state index contributed by atoms with van der Waals surface area (Å²) in [4.78, 5) is 32.6. The van der Waals surface area contributed by atoms with Gasteiger partial charge in [-0.25, -0.2) is 0 Å². The predicted molar refractivity (Wildman–Crippen MR) is 322 cm³/mol. The quantitative estimate of drug-likeness (QED) is 0.0509. The molecular weight excluding hydrogens is 1080 g/mol. The minimum atomic E-state index is -2.44. The summed E-state index contributed by atoms with van der Waals surface area (Å²) in [5.41, 5.74) is -4.92. The zero-order chi connectivity index (χ0) is 60.9. The van der Waals surface area contributed by atoms with Crippen LogP contribution in [0.4, 0.5) is 0 Å². The Balaban J connectivity index is 1.15. The maximum Gasteiger partial charge on any atom is 0.126 e. The smallest absolute Gasteiger partial charge is 0.126 e. The van der Waals surface area contributed by atoms with Crippen LogP contribution in [0.15, 0.2) is 91.0 Å². The number of aliphatic hydroxyl groups excluding tert-OH is 3. The number of rotatable bonds is 22. The fourth-order valence-electron chi connectivity index (χ4n) is 13.0. The Labute approximate surface area is 494 Å². The Morgan fingerprint density at radius 3 is 1.78 bits per heavy atom. The van der Waals surface area contributed by atoms with Crippen LogP contribution >= 0.6 is 7.26 Å². The van der Waals surface area contributed by atoms with E-state index in [0.29, 0.717) is 26.2 Å². The van der Waals surface area contributed by atoms with Crippen molar-refractivity contribution in [2.75, 3.05) is 73.6 Å². The molecule has 83 heavy (non-hydrogen) atoms. The van der Waals surface area contributed by atoms with Crippen LogP contribution in [-0.2, 0) is 52.2 Å². The maximum atomic E-state index is 14.7. The van der Waals surface area contributed by atoms with Crippen molar-refractivity contribution in [1.29, 1.82) is 0 Å². The Kier molecular flexibility index (Phi) is 25.5. The Morgan fingerprint density at radius 2 is 1.27 bits per heavy atom. The summed E-state index contributed by atoms with van der Waals surface area (Å²) in [6, 6.07) is 30.8. The summed E-state index contributed by atoms with van der Waals surface area (Å²) < 4.78 is 56.2. The molecule has 5 N–H and O–H groups in total. The van der Waals surface area contributed by atoms with Crippen molar-refractivity contribution < 1.29 is 77.8 Å². The van der Waals surface area contributed by atoms with Crippen LogP contribution in [0.5, 0.6) is 0 Å². The third-order valence-electron chi connectivity index (χ3n) is 17.9. The molecule has 3 aliphatic heterocycles. The van der Waals surface area contributed by atoms with E-state index in [0.717, 1.165) is 6.16 Å². The van der Waals surface area contributed by atoms with Gasteiger partial charge in [0, 0.05) is 32.0 Å². The van der Waals surface area contributed by atoms with E-state index in [2.05, 4.69) is 91.0 Å². The molecule has 0 bridgehead atoms. The van der Waals surface area contributed by atoms with E-state index in [4.69, 9.17) is 42.6 Å². The molecular formula is C64H101N2O16P. The molecule has 0 aromatic heterocycles. The first kappa shape index (κ1) is 68.6. The van der Waals surface area contributed by atoms with Gasteiger partial charge < -0.3 is 63.8 Å². The predicted octanol–water partition coefficient (Wildman–Crippen LogP) is 4.96. The van der Waals surface area contributed by atoms with Crippen LogP contribution in [0.1, 0.15) is 101 Å². The van der Waals surface area contributed by atoms with Crippen molar-refractivity contribution in [3.63, 3.8) is 0 Å². The van der Waals surface area contributed by atoms with Gasteiger partial charge in [-0.15, -0.1) is 0 Å². The maximum absolute atomic E-state index is 14.7. The second-order valence-electron chi connectivity index (χ2n) is 24.6. The van der Waals surface area contributed by atoms with Crippen LogP contribution in [0, 0.1) is 17.8 Å². The van der Waals surface area contributed by atoms with Gasteiger partial charge in [-0.3, -0.25) is 9.59 Å². The molecule has 18 atom stereocenters. The second-order valence-corrected chi connectivity index (χ2v) is 28.7. The average molecular weight is 1190 g/mol. The van der Waals surface area contributed by atoms with Crippen LogP contribution in [0.2, 0.25) is 0 Å². The summed E-state index contributed by atoms with van der Waals surface area (Å²) in [6.07, 6.45) is -9.17. The largest absolute Gasteiger partial charge is 0.388 e. The molecule has 0 saturated carbocycles. The summed E-state index contributed by atoms with van der Waals surface area (Å²) in [7, 11) is 2.78. The van der Waals surface area contributed by atoms with Gasteiger partial charge in [-0.2, -0.15) is 0 Å². The van der Waals surface area contributed by atoms with Gasteiger partial charge in [0.2, 0.25) is 0 Å². The molecule has 0 unspecified atom stereocenters. The van der Waals surface area contributed by atoms with E-state index in [1.165, 1.54) is 34.8 Å². The first-order valence-electron chi connectivity index (χ1n) is 30.0. The number of carbonyl (C=O) groups is 2. The van der Waals surface area contributed by atoms with Gasteiger partial charge in [-0.05, 0) is 87.7 Å². The first-order valence-corrected chi connectivity index (χ1v) is 32.3. The van der Waals surface area contributed by atoms with Crippen LogP contribution < -0.4 is 15.9 Å². The number of aliphatic hydroxyl groups is 5. The van der Waals surface area contributed by atoms with E-state index in [1.807, 2.05) is 32.8 Å². The monoisotopic (exact) mass is 1180 g/mol. The molecule has 19 heteroatoms. The Bertz CT molecular complexity index is 2310. The molecule has 3 heterocycles. The number of hydrogen-bond acceptors (Lipinski definition) is 17. The van der Waals surface area contributed by atoms with E-state index in [1.54, 1.807) is 48.5 Å². The van der Waals surface area contributed by atoms with E-state index >= 15 is 0 Å². The molecule has 6 rings (SSSR count). The number of esters is 1. The zero-order valence-corrected chi connectivity index (χ0v) is 52.6. The number of carbonyl (C=O) groups excluding carboxylic acids is 2. The molecule has 3 aromatic carbocycles. The van der Waals surface area contributed by atoms with Crippen molar-refractivity contribution in [1.82, 2.24) is 9.80 Å². The molecule has 0 radical (unpaired) electrons. The normalized spacial score (nSPS) is 35.5. The van der Waals surface area contributed by atoms with Crippen molar-refractivity contribution in [3.8, 4) is 0 Å². The van der Waals surface area contributed by atoms with E-state index < -0.39 is 109 Å². The van der Waals surface area contributed by atoms with Gasteiger partial charge in [0.25, 0.3) is 0 Å². The van der Waals surface area contributed by atoms with Crippen LogP contribution in [0.3, 0.4) is 0 Å². The van der Waals surface area contributed by atoms with Crippen molar-refractivity contribution in [2.24, 2.45) is 17.8 Å². The summed E-state index contributed by atoms with van der Waals surface area (Å²) in [5.74, 6) is -3.62. The molecule has 468 valence electrons. The molecule has 3 aliphatic rings. The van der Waals surface area contributed by atoms with Gasteiger partial charge >= 0.3 is 192 Å². The van der Waals surface area contributed by atoms with Crippen molar-refractivity contribution in [3.05, 3.63) is 91.0 Å². The molecule has 3 fully saturated rings. The first-order chi connectivity index (χ1) is 39.3. The minimum Gasteiger partial charge on any atom is -0.388 e. The number of likely N-dealkylation sites (N-methyl/N-ethyl adjacent to an activating group) is 1. The summed E-state index contributed by atoms with van der Waals surface area (Å²) >= 11 is 0. The average Bonchev–Trinajstić information content (AvgIpc) is 2.71. The minimum absolute atomic E-state index is 0.0158. The Morgan fingerprint density at radius 1 is 0.735 bits per heavy atom. The number of amides is 1. The third kappa shape index (κ3) is 17.0. The fraction of sp³-hybridized carbons (Fsp3) is 0.688. The molecule has 3 saturated heterocycles. The van der Waals surface area contributed by atoms with E-state index in [-0.39, 0.29) is 70.1 Å². The van der Waals surface area contributed by atoms with Crippen molar-refractivity contribution >= 4 is 35.1 Å². The standard InChI is InChI=1S/C64H101N2O16P/c1-14-52-64(10,73)57(69)46(6)66(53(67)30-31-75-32-33-76-34-35-77-36-37-83(48-24-18-15-19-25-48,49-26-20-16-21-27-49)50-28-22-17-23-29-50)41-42(2)39-62(8,72)59(82-61-55(68)51(65(11)12)38-43(3)78-61)44(4)56(45(5)60(71)80-52)81-54-40-63(9,74-13)58(70)47(7)79-54/h15-29,42-47,51-52,54-59,61,68-70,72-73,83H,14,30-41H2,1-13H3/t42-,43-,44+,45-,46-,47+,51+,52-,54+,55-,56+,57-,58+,59-,61+,62-,63-,64-/m1/s1. The number of ether oxygens (including phenoxy) is 9. The number of methoxy groups -OCH3 is 1. The van der Waals surface area contributed by atoms with Gasteiger partial charge in [0.15, 0.2) is 12.6 Å².